The molecule has 0 radical (unpaired) electrons. The molecule has 1 unspecified atom stereocenters. The summed E-state index contributed by atoms with van der Waals surface area (Å²) in [6.07, 6.45) is 1.76. The van der Waals surface area contributed by atoms with E-state index in [2.05, 4.69) is 10.2 Å². The van der Waals surface area contributed by atoms with Crippen LogP contribution in [0, 0.1) is 17.3 Å². The summed E-state index contributed by atoms with van der Waals surface area (Å²) in [6.45, 7) is 7.13. The van der Waals surface area contributed by atoms with E-state index < -0.39 is 5.41 Å². The Morgan fingerprint density at radius 3 is 2.38 bits per heavy atom. The van der Waals surface area contributed by atoms with Crippen LogP contribution in [-0.2, 0) is 4.79 Å². The molecule has 3 fully saturated rings. The molecule has 3 aliphatic heterocycles. The molecule has 0 spiro atoms. The lowest BCUT2D eigenvalue weighted by molar-refractivity contribution is -0.143. The lowest BCUT2D eigenvalue weighted by Crippen LogP contribution is -2.53. The molecule has 2 amide bonds. The number of carbonyl (C=O) groups is 2. The van der Waals surface area contributed by atoms with E-state index in [1.807, 2.05) is 42.2 Å². The maximum Gasteiger partial charge on any atom is 0.253 e. The second-order valence-corrected chi connectivity index (χ2v) is 8.15. The van der Waals surface area contributed by atoms with Gasteiger partial charge in [0.2, 0.25) is 5.91 Å². The van der Waals surface area contributed by atoms with Crippen molar-refractivity contribution in [3.05, 3.63) is 35.9 Å². The summed E-state index contributed by atoms with van der Waals surface area (Å²) in [4.78, 5) is 29.9. The van der Waals surface area contributed by atoms with Gasteiger partial charge in [0.15, 0.2) is 0 Å². The van der Waals surface area contributed by atoms with Crippen LogP contribution in [0.1, 0.15) is 30.1 Å². The Morgan fingerprint density at radius 2 is 1.73 bits per heavy atom. The molecule has 3 heterocycles. The van der Waals surface area contributed by atoms with Crippen LogP contribution in [0.3, 0.4) is 0 Å². The summed E-state index contributed by atoms with van der Waals surface area (Å²) in [6, 6.07) is 9.40. The van der Waals surface area contributed by atoms with Crippen LogP contribution in [0.2, 0.25) is 0 Å². The summed E-state index contributed by atoms with van der Waals surface area (Å²) in [5.41, 5.74) is 0.260. The van der Waals surface area contributed by atoms with Crippen molar-refractivity contribution in [2.45, 2.75) is 19.8 Å². The van der Waals surface area contributed by atoms with Crippen LogP contribution in [0.4, 0.5) is 0 Å². The van der Waals surface area contributed by atoms with Crippen LogP contribution < -0.4 is 5.32 Å². The summed E-state index contributed by atoms with van der Waals surface area (Å²) in [5.74, 6) is 1.51. The molecule has 0 saturated carbocycles. The third kappa shape index (κ3) is 3.47. The number of hydrogen-bond acceptors (Lipinski definition) is 3. The summed E-state index contributed by atoms with van der Waals surface area (Å²) >= 11 is 0. The van der Waals surface area contributed by atoms with Crippen molar-refractivity contribution < 1.29 is 9.59 Å². The Kier molecular flexibility index (Phi) is 5.58. The molecule has 6 heteroatoms. The molecule has 0 bridgehead atoms. The zero-order chi connectivity index (χ0) is 17.4. The molecule has 0 aromatic heterocycles. The first-order valence-corrected chi connectivity index (χ1v) is 9.41. The van der Waals surface area contributed by atoms with Crippen molar-refractivity contribution in [3.8, 4) is 0 Å². The minimum atomic E-state index is -0.450. The van der Waals surface area contributed by atoms with E-state index in [0.29, 0.717) is 23.9 Å². The monoisotopic (exact) mass is 377 g/mol. The third-order valence-electron chi connectivity index (χ3n) is 6.20. The molecule has 4 rings (SSSR count). The standard InChI is InChI=1S/C20H27N3O2.ClH/c1-20(19(25)23-12-16-10-21-11-17(16)13-23)8-5-9-22(14-20)18(24)15-6-3-2-4-7-15;/h2-4,6-7,16-17,21H,5,8-14H2,1H3;1H/t16-,17+,20?;. The number of likely N-dealkylation sites (tertiary alicyclic amines) is 2. The topological polar surface area (TPSA) is 52.7 Å². The minimum absolute atomic E-state index is 0. The molecule has 142 valence electrons. The first kappa shape index (κ1) is 19.2. The van der Waals surface area contributed by atoms with Gasteiger partial charge in [0.25, 0.3) is 5.91 Å². The highest BCUT2D eigenvalue weighted by atomic mass is 35.5. The zero-order valence-corrected chi connectivity index (χ0v) is 16.1. The molecular formula is C20H28ClN3O2. The number of hydrogen-bond donors (Lipinski definition) is 1. The van der Waals surface area contributed by atoms with Gasteiger partial charge in [0.1, 0.15) is 0 Å². The van der Waals surface area contributed by atoms with Gasteiger partial charge >= 0.3 is 0 Å². The minimum Gasteiger partial charge on any atom is -0.341 e. The highest BCUT2D eigenvalue weighted by Gasteiger charge is 2.46. The Labute approximate surface area is 161 Å². The van der Waals surface area contributed by atoms with Gasteiger partial charge in [0, 0.05) is 44.8 Å². The number of halogens is 1. The number of rotatable bonds is 2. The predicted octanol–water partition coefficient (Wildman–Crippen LogP) is 2.03. The SMILES string of the molecule is CC1(C(=O)N2C[C@H]3CNC[C@H]3C2)CCCN(C(=O)c2ccccc2)C1.Cl. The maximum atomic E-state index is 13.2. The third-order valence-corrected chi connectivity index (χ3v) is 6.20. The summed E-state index contributed by atoms with van der Waals surface area (Å²) < 4.78 is 0. The van der Waals surface area contributed by atoms with E-state index in [-0.39, 0.29) is 24.2 Å². The molecule has 3 atom stereocenters. The van der Waals surface area contributed by atoms with Crippen LogP contribution in [0.5, 0.6) is 0 Å². The first-order valence-electron chi connectivity index (χ1n) is 9.41. The van der Waals surface area contributed by atoms with Gasteiger partial charge in [-0.2, -0.15) is 0 Å². The quantitative estimate of drug-likeness (QED) is 0.858. The molecular weight excluding hydrogens is 350 g/mol. The average molecular weight is 378 g/mol. The normalized spacial score (nSPS) is 30.7. The fourth-order valence-corrected chi connectivity index (χ4v) is 4.75. The van der Waals surface area contributed by atoms with E-state index in [0.717, 1.165) is 45.6 Å². The number of nitrogens with zero attached hydrogens (tertiary/aromatic N) is 2. The van der Waals surface area contributed by atoms with Crippen molar-refractivity contribution >= 4 is 24.2 Å². The second kappa shape index (κ2) is 7.57. The van der Waals surface area contributed by atoms with E-state index in [1.54, 1.807) is 0 Å². The van der Waals surface area contributed by atoms with Gasteiger partial charge in [0.05, 0.1) is 5.41 Å². The summed E-state index contributed by atoms with van der Waals surface area (Å²) in [5, 5.41) is 3.42. The van der Waals surface area contributed by atoms with Gasteiger partial charge < -0.3 is 15.1 Å². The lowest BCUT2D eigenvalue weighted by atomic mass is 9.80. The Balaban J connectivity index is 0.00000196. The van der Waals surface area contributed by atoms with Gasteiger partial charge in [-0.15, -0.1) is 12.4 Å². The fourth-order valence-electron chi connectivity index (χ4n) is 4.75. The average Bonchev–Trinajstić information content (AvgIpc) is 3.23. The van der Waals surface area contributed by atoms with Gasteiger partial charge in [-0.05, 0) is 43.7 Å². The predicted molar refractivity (Wildman–Crippen MR) is 103 cm³/mol. The molecule has 3 saturated heterocycles. The van der Waals surface area contributed by atoms with Crippen molar-refractivity contribution in [1.82, 2.24) is 15.1 Å². The Hall–Kier alpha value is -1.59. The molecule has 3 aliphatic rings. The van der Waals surface area contributed by atoms with E-state index >= 15 is 0 Å². The van der Waals surface area contributed by atoms with E-state index in [4.69, 9.17) is 0 Å². The molecule has 1 N–H and O–H groups in total. The van der Waals surface area contributed by atoms with Gasteiger partial charge in [-0.3, -0.25) is 9.59 Å². The maximum absolute atomic E-state index is 13.2. The van der Waals surface area contributed by atoms with Crippen molar-refractivity contribution in [2.75, 3.05) is 39.3 Å². The summed E-state index contributed by atoms with van der Waals surface area (Å²) in [7, 11) is 0. The van der Waals surface area contributed by atoms with Crippen LogP contribution >= 0.6 is 12.4 Å². The number of amides is 2. The smallest absolute Gasteiger partial charge is 0.253 e. The first-order chi connectivity index (χ1) is 12.1. The Morgan fingerprint density at radius 1 is 1.08 bits per heavy atom. The van der Waals surface area contributed by atoms with Crippen LogP contribution in [-0.4, -0.2) is 60.9 Å². The second-order valence-electron chi connectivity index (χ2n) is 8.15. The van der Waals surface area contributed by atoms with Crippen LogP contribution in [0.25, 0.3) is 0 Å². The Bertz CT molecular complexity index is 656. The number of carbonyl (C=O) groups excluding carboxylic acids is 2. The van der Waals surface area contributed by atoms with E-state index in [1.165, 1.54) is 0 Å². The molecule has 5 nitrogen and oxygen atoms in total. The molecule has 1 aromatic carbocycles. The van der Waals surface area contributed by atoms with Crippen LogP contribution in [0.15, 0.2) is 30.3 Å². The number of nitrogens with one attached hydrogen (secondary N) is 1. The van der Waals surface area contributed by atoms with Crippen molar-refractivity contribution in [3.63, 3.8) is 0 Å². The van der Waals surface area contributed by atoms with Gasteiger partial charge in [-0.1, -0.05) is 18.2 Å². The molecule has 1 aromatic rings. The number of benzene rings is 1. The largest absolute Gasteiger partial charge is 0.341 e. The molecule has 0 aliphatic carbocycles. The van der Waals surface area contributed by atoms with Crippen molar-refractivity contribution in [1.29, 1.82) is 0 Å². The zero-order valence-electron chi connectivity index (χ0n) is 15.3. The highest BCUT2D eigenvalue weighted by molar-refractivity contribution is 5.95. The van der Waals surface area contributed by atoms with E-state index in [9.17, 15) is 9.59 Å². The number of fused-ring (bicyclic) bond motifs is 1. The van der Waals surface area contributed by atoms with Crippen molar-refractivity contribution in [2.24, 2.45) is 17.3 Å². The fraction of sp³-hybridized carbons (Fsp3) is 0.600. The highest BCUT2D eigenvalue weighted by Crippen LogP contribution is 2.36. The lowest BCUT2D eigenvalue weighted by Gasteiger charge is -2.41. The molecule has 26 heavy (non-hydrogen) atoms. The number of piperidine rings is 1. The van der Waals surface area contributed by atoms with Gasteiger partial charge in [-0.25, -0.2) is 0 Å².